The highest BCUT2D eigenvalue weighted by Gasteiger charge is 2.25. The number of rotatable bonds is 9. The van der Waals surface area contributed by atoms with Crippen molar-refractivity contribution in [2.24, 2.45) is 0 Å². The molecular formula is C13H25N5O2S. The lowest BCUT2D eigenvalue weighted by molar-refractivity contribution is 0.378. The standard InChI is InChI=1S/C13H25N5O2S/c1-10(6-7-18(2)3)17-21(19,20)13-11(9-15-16-13)8-14-12-4-5-12/h9-10,12,14,17H,4-8H2,1-3H3,(H,15,16). The van der Waals surface area contributed by atoms with Crippen molar-refractivity contribution in [3.05, 3.63) is 11.8 Å². The molecule has 0 radical (unpaired) electrons. The first-order valence-corrected chi connectivity index (χ1v) is 8.79. The third-order valence-corrected chi connectivity index (χ3v) is 5.07. The minimum absolute atomic E-state index is 0.120. The van der Waals surface area contributed by atoms with Gasteiger partial charge in [0.1, 0.15) is 0 Å². The molecule has 0 bridgehead atoms. The third kappa shape index (κ3) is 5.06. The predicted molar refractivity (Wildman–Crippen MR) is 81.4 cm³/mol. The normalized spacial score (nSPS) is 17.3. The van der Waals surface area contributed by atoms with E-state index in [-0.39, 0.29) is 11.1 Å². The maximum absolute atomic E-state index is 12.4. The van der Waals surface area contributed by atoms with Crippen molar-refractivity contribution >= 4 is 10.0 Å². The molecule has 1 unspecified atom stereocenters. The van der Waals surface area contributed by atoms with Crippen molar-refractivity contribution in [1.82, 2.24) is 25.1 Å². The van der Waals surface area contributed by atoms with Crippen LogP contribution in [-0.4, -0.2) is 56.2 Å². The fourth-order valence-corrected chi connectivity index (χ4v) is 3.44. The molecule has 2 rings (SSSR count). The number of sulfonamides is 1. The van der Waals surface area contributed by atoms with Crippen molar-refractivity contribution < 1.29 is 8.42 Å². The summed E-state index contributed by atoms with van der Waals surface area (Å²) in [5, 5.41) is 9.96. The first-order chi connectivity index (χ1) is 9.88. The van der Waals surface area contributed by atoms with Gasteiger partial charge in [0.05, 0.1) is 6.20 Å². The Bertz CT molecular complexity index is 551. The lowest BCUT2D eigenvalue weighted by Gasteiger charge is -2.16. The summed E-state index contributed by atoms with van der Waals surface area (Å²) in [5.74, 6) is 0. The minimum Gasteiger partial charge on any atom is -0.310 e. The van der Waals surface area contributed by atoms with Crippen LogP contribution in [0.15, 0.2) is 11.2 Å². The number of aromatic amines is 1. The first kappa shape index (κ1) is 16.4. The van der Waals surface area contributed by atoms with E-state index in [0.29, 0.717) is 18.2 Å². The number of H-pyrrole nitrogens is 1. The molecule has 21 heavy (non-hydrogen) atoms. The average Bonchev–Trinajstić information content (AvgIpc) is 3.09. The maximum atomic E-state index is 12.4. The van der Waals surface area contributed by atoms with Gasteiger partial charge in [0.25, 0.3) is 10.0 Å². The molecule has 1 fully saturated rings. The van der Waals surface area contributed by atoms with Crippen LogP contribution < -0.4 is 10.0 Å². The second-order valence-corrected chi connectivity index (χ2v) is 7.64. The van der Waals surface area contributed by atoms with E-state index in [1.54, 1.807) is 6.20 Å². The molecule has 1 aliphatic carbocycles. The topological polar surface area (TPSA) is 90.1 Å². The Morgan fingerprint density at radius 1 is 1.48 bits per heavy atom. The van der Waals surface area contributed by atoms with Crippen LogP contribution in [0.5, 0.6) is 0 Å². The number of hydrogen-bond acceptors (Lipinski definition) is 5. The molecule has 8 heteroatoms. The van der Waals surface area contributed by atoms with Gasteiger partial charge in [0, 0.05) is 24.2 Å². The number of hydrogen-bond donors (Lipinski definition) is 3. The third-order valence-electron chi connectivity index (χ3n) is 3.47. The highest BCUT2D eigenvalue weighted by Crippen LogP contribution is 2.20. The smallest absolute Gasteiger partial charge is 0.258 e. The van der Waals surface area contributed by atoms with Crippen molar-refractivity contribution in [3.8, 4) is 0 Å². The maximum Gasteiger partial charge on any atom is 0.258 e. The number of aromatic nitrogens is 2. The van der Waals surface area contributed by atoms with Crippen LogP contribution in [0.1, 0.15) is 31.7 Å². The highest BCUT2D eigenvalue weighted by atomic mass is 32.2. The van der Waals surface area contributed by atoms with E-state index in [1.807, 2.05) is 25.9 Å². The molecule has 0 spiro atoms. The van der Waals surface area contributed by atoms with Gasteiger partial charge in [-0.1, -0.05) is 0 Å². The van der Waals surface area contributed by atoms with Crippen LogP contribution >= 0.6 is 0 Å². The fraction of sp³-hybridized carbons (Fsp3) is 0.769. The molecule has 1 atom stereocenters. The summed E-state index contributed by atoms with van der Waals surface area (Å²) in [4.78, 5) is 2.03. The molecule has 1 heterocycles. The lowest BCUT2D eigenvalue weighted by atomic mass is 10.2. The minimum atomic E-state index is -3.55. The molecule has 7 nitrogen and oxygen atoms in total. The van der Waals surface area contributed by atoms with Gasteiger partial charge in [-0.05, 0) is 46.8 Å². The van der Waals surface area contributed by atoms with E-state index in [4.69, 9.17) is 0 Å². The molecule has 1 aromatic rings. The van der Waals surface area contributed by atoms with E-state index in [9.17, 15) is 8.42 Å². The molecule has 120 valence electrons. The summed E-state index contributed by atoms with van der Waals surface area (Å²) >= 11 is 0. The SMILES string of the molecule is CC(CCN(C)C)NS(=O)(=O)c1[nH]ncc1CNC1CC1. The van der Waals surface area contributed by atoms with Crippen molar-refractivity contribution in [3.63, 3.8) is 0 Å². The van der Waals surface area contributed by atoms with Gasteiger partial charge in [0.15, 0.2) is 5.03 Å². The summed E-state index contributed by atoms with van der Waals surface area (Å²) in [6.45, 7) is 3.24. The molecule has 1 saturated carbocycles. The van der Waals surface area contributed by atoms with Gasteiger partial charge in [-0.15, -0.1) is 0 Å². The monoisotopic (exact) mass is 315 g/mol. The van der Waals surface area contributed by atoms with Crippen LogP contribution in [0.4, 0.5) is 0 Å². The van der Waals surface area contributed by atoms with E-state index in [1.165, 1.54) is 12.8 Å². The van der Waals surface area contributed by atoms with Crippen LogP contribution in [0.3, 0.4) is 0 Å². The lowest BCUT2D eigenvalue weighted by Crippen LogP contribution is -2.35. The summed E-state index contributed by atoms with van der Waals surface area (Å²) in [7, 11) is 0.391. The van der Waals surface area contributed by atoms with E-state index < -0.39 is 10.0 Å². The largest absolute Gasteiger partial charge is 0.310 e. The van der Waals surface area contributed by atoms with Crippen LogP contribution in [0.25, 0.3) is 0 Å². The van der Waals surface area contributed by atoms with Crippen molar-refractivity contribution in [2.75, 3.05) is 20.6 Å². The van der Waals surface area contributed by atoms with Gasteiger partial charge in [-0.25, -0.2) is 13.1 Å². The zero-order valence-electron chi connectivity index (χ0n) is 12.9. The van der Waals surface area contributed by atoms with E-state index in [2.05, 4.69) is 20.2 Å². The van der Waals surface area contributed by atoms with E-state index >= 15 is 0 Å². The summed E-state index contributed by atoms with van der Waals surface area (Å²) in [6.07, 6.45) is 4.67. The molecule has 0 aromatic carbocycles. The predicted octanol–water partition coefficient (Wildman–Crippen LogP) is 0.280. The Morgan fingerprint density at radius 3 is 2.81 bits per heavy atom. The Labute approximate surface area is 126 Å². The zero-order valence-corrected chi connectivity index (χ0v) is 13.7. The molecule has 3 N–H and O–H groups in total. The summed E-state index contributed by atoms with van der Waals surface area (Å²) < 4.78 is 27.5. The average molecular weight is 315 g/mol. The molecule has 1 aromatic heterocycles. The Kier molecular flexibility index (Phi) is 5.37. The Hall–Kier alpha value is -0.960. The molecule has 0 aliphatic heterocycles. The second kappa shape index (κ2) is 6.87. The number of nitrogens with one attached hydrogen (secondary N) is 3. The van der Waals surface area contributed by atoms with Gasteiger partial charge in [-0.2, -0.15) is 5.10 Å². The van der Waals surface area contributed by atoms with Gasteiger partial charge < -0.3 is 10.2 Å². The van der Waals surface area contributed by atoms with Crippen molar-refractivity contribution in [2.45, 2.75) is 49.8 Å². The van der Waals surface area contributed by atoms with Crippen LogP contribution in [0.2, 0.25) is 0 Å². The van der Waals surface area contributed by atoms with E-state index in [0.717, 1.165) is 13.0 Å². The highest BCUT2D eigenvalue weighted by molar-refractivity contribution is 7.89. The van der Waals surface area contributed by atoms with Gasteiger partial charge in [-0.3, -0.25) is 5.10 Å². The number of nitrogens with zero attached hydrogens (tertiary/aromatic N) is 2. The Balaban J connectivity index is 1.96. The Morgan fingerprint density at radius 2 is 2.19 bits per heavy atom. The quantitative estimate of drug-likeness (QED) is 0.609. The van der Waals surface area contributed by atoms with Crippen molar-refractivity contribution in [1.29, 1.82) is 0 Å². The van der Waals surface area contributed by atoms with Crippen LogP contribution in [0, 0.1) is 0 Å². The molecule has 0 amide bonds. The molecular weight excluding hydrogens is 290 g/mol. The van der Waals surface area contributed by atoms with Gasteiger partial charge >= 0.3 is 0 Å². The zero-order chi connectivity index (χ0) is 15.5. The first-order valence-electron chi connectivity index (χ1n) is 7.31. The summed E-state index contributed by atoms with van der Waals surface area (Å²) in [5.41, 5.74) is 0.689. The second-order valence-electron chi connectivity index (χ2n) is 5.99. The molecule has 1 aliphatic rings. The summed E-state index contributed by atoms with van der Waals surface area (Å²) in [6, 6.07) is 0.410. The van der Waals surface area contributed by atoms with Gasteiger partial charge in [0.2, 0.25) is 0 Å². The fourth-order valence-electron chi connectivity index (χ4n) is 2.03. The molecule has 0 saturated heterocycles. The van der Waals surface area contributed by atoms with Crippen LogP contribution in [-0.2, 0) is 16.6 Å².